The molecule has 0 aromatic heterocycles. The van der Waals surface area contributed by atoms with Gasteiger partial charge in [0.2, 0.25) is 6.41 Å². The predicted octanol–water partition coefficient (Wildman–Crippen LogP) is 0.976. The maximum absolute atomic E-state index is 10.6. The second-order valence-corrected chi connectivity index (χ2v) is 2.66. The van der Waals surface area contributed by atoms with Crippen LogP contribution < -0.4 is 10.9 Å². The van der Waals surface area contributed by atoms with Gasteiger partial charge in [0.25, 0.3) is 5.69 Å². The molecule has 0 radical (unpaired) electrons. The maximum atomic E-state index is 10.6. The maximum Gasteiger partial charge on any atom is 0.294 e. The second-order valence-electron chi connectivity index (χ2n) is 2.66. The average Bonchev–Trinajstić information content (AvgIpc) is 2.15. The van der Waals surface area contributed by atoms with Crippen LogP contribution in [0.15, 0.2) is 18.2 Å². The van der Waals surface area contributed by atoms with E-state index in [2.05, 4.69) is 10.9 Å². The number of carbonyl (C=O) groups excluding carboxylic acids is 1. The van der Waals surface area contributed by atoms with Gasteiger partial charge in [-0.25, -0.2) is 0 Å². The topological polar surface area (TPSA) is 84.3 Å². The summed E-state index contributed by atoms with van der Waals surface area (Å²) in [6.07, 6.45) is 0.406. The molecule has 6 nitrogen and oxygen atoms in total. The van der Waals surface area contributed by atoms with E-state index in [0.29, 0.717) is 6.41 Å². The Kier molecular flexibility index (Phi) is 3.01. The fourth-order valence-electron chi connectivity index (χ4n) is 1.01. The molecule has 14 heavy (non-hydrogen) atoms. The number of aryl methyl sites for hydroxylation is 1. The molecule has 1 aromatic carbocycles. The van der Waals surface area contributed by atoms with Crippen molar-refractivity contribution in [2.75, 3.05) is 5.43 Å². The van der Waals surface area contributed by atoms with Crippen LogP contribution in [0.4, 0.5) is 11.4 Å². The molecule has 0 aliphatic carbocycles. The highest BCUT2D eigenvalue weighted by Gasteiger charge is 2.12. The summed E-state index contributed by atoms with van der Waals surface area (Å²) in [4.78, 5) is 20.1. The number of hydrogen-bond acceptors (Lipinski definition) is 4. The lowest BCUT2D eigenvalue weighted by molar-refractivity contribution is -0.384. The van der Waals surface area contributed by atoms with Gasteiger partial charge in [0.15, 0.2) is 0 Å². The van der Waals surface area contributed by atoms with Gasteiger partial charge in [-0.15, -0.1) is 0 Å². The van der Waals surface area contributed by atoms with E-state index >= 15 is 0 Å². The number of nitro groups is 1. The van der Waals surface area contributed by atoms with Crippen LogP contribution in [0.2, 0.25) is 0 Å². The van der Waals surface area contributed by atoms with Crippen molar-refractivity contribution in [1.29, 1.82) is 0 Å². The van der Waals surface area contributed by atoms with E-state index < -0.39 is 4.92 Å². The smallest absolute Gasteiger partial charge is 0.292 e. The van der Waals surface area contributed by atoms with Crippen molar-refractivity contribution in [3.63, 3.8) is 0 Å². The van der Waals surface area contributed by atoms with E-state index in [9.17, 15) is 14.9 Å². The molecule has 1 rings (SSSR count). The van der Waals surface area contributed by atoms with Crippen LogP contribution in [0.3, 0.4) is 0 Å². The first-order chi connectivity index (χ1) is 6.65. The van der Waals surface area contributed by atoms with Gasteiger partial charge in [-0.1, -0.05) is 6.07 Å². The lowest BCUT2D eigenvalue weighted by atomic mass is 10.2. The van der Waals surface area contributed by atoms with Crippen molar-refractivity contribution < 1.29 is 9.72 Å². The van der Waals surface area contributed by atoms with Crippen LogP contribution >= 0.6 is 0 Å². The number of carbonyl (C=O) groups is 1. The van der Waals surface area contributed by atoms with Gasteiger partial charge in [-0.3, -0.25) is 25.8 Å². The summed E-state index contributed by atoms with van der Waals surface area (Å²) in [5.74, 6) is 0. The Balaban J connectivity index is 3.01. The quantitative estimate of drug-likeness (QED) is 0.426. The van der Waals surface area contributed by atoms with Crippen LogP contribution in [0.1, 0.15) is 5.56 Å². The summed E-state index contributed by atoms with van der Waals surface area (Å²) in [5, 5.41) is 10.6. The molecule has 0 saturated heterocycles. The van der Waals surface area contributed by atoms with Crippen LogP contribution in [0.25, 0.3) is 0 Å². The fraction of sp³-hybridized carbons (Fsp3) is 0.125. The first-order valence-corrected chi connectivity index (χ1v) is 3.85. The van der Waals surface area contributed by atoms with E-state index in [4.69, 9.17) is 0 Å². The Morgan fingerprint density at radius 1 is 1.50 bits per heavy atom. The molecule has 0 bridgehead atoms. The Bertz CT molecular complexity index is 365. The molecule has 0 aliphatic rings. The van der Waals surface area contributed by atoms with Crippen molar-refractivity contribution in [2.45, 2.75) is 6.92 Å². The minimum Gasteiger partial charge on any atom is -0.292 e. The summed E-state index contributed by atoms with van der Waals surface area (Å²) in [6.45, 7) is 1.75. The highest BCUT2D eigenvalue weighted by atomic mass is 16.6. The van der Waals surface area contributed by atoms with Crippen LogP contribution in [0, 0.1) is 17.0 Å². The normalized spacial score (nSPS) is 9.21. The third-order valence-corrected chi connectivity index (χ3v) is 1.62. The van der Waals surface area contributed by atoms with Crippen molar-refractivity contribution in [3.8, 4) is 0 Å². The Hall–Kier alpha value is -2.11. The Morgan fingerprint density at radius 3 is 2.79 bits per heavy atom. The van der Waals surface area contributed by atoms with E-state index in [-0.39, 0.29) is 11.4 Å². The molecular formula is C8H9N3O3. The van der Waals surface area contributed by atoms with E-state index in [0.717, 1.165) is 5.56 Å². The second kappa shape index (κ2) is 4.22. The number of hydrazine groups is 1. The number of rotatable bonds is 4. The number of hydrogen-bond donors (Lipinski definition) is 2. The summed E-state index contributed by atoms with van der Waals surface area (Å²) in [6, 6.07) is 4.67. The molecule has 1 amide bonds. The third kappa shape index (κ3) is 2.19. The zero-order valence-electron chi connectivity index (χ0n) is 7.48. The van der Waals surface area contributed by atoms with Crippen molar-refractivity contribution in [1.82, 2.24) is 5.43 Å². The lowest BCUT2D eigenvalue weighted by Crippen LogP contribution is -2.19. The summed E-state index contributed by atoms with van der Waals surface area (Å²) < 4.78 is 0. The summed E-state index contributed by atoms with van der Waals surface area (Å²) in [5.41, 5.74) is 5.53. The molecule has 0 saturated carbocycles. The standard InChI is InChI=1S/C8H9N3O3/c1-6-2-3-7(10-9-5-12)8(4-6)11(13)14/h2-5,10H,1H3,(H,9,12). The minimum absolute atomic E-state index is 0.0700. The average molecular weight is 195 g/mol. The molecule has 74 valence electrons. The van der Waals surface area contributed by atoms with Crippen LogP contribution in [0.5, 0.6) is 0 Å². The number of amides is 1. The number of benzene rings is 1. The van der Waals surface area contributed by atoms with Gasteiger partial charge in [0, 0.05) is 6.07 Å². The van der Waals surface area contributed by atoms with E-state index in [1.165, 1.54) is 12.1 Å². The largest absolute Gasteiger partial charge is 0.294 e. The molecule has 6 heteroatoms. The van der Waals surface area contributed by atoms with Crippen LogP contribution in [-0.4, -0.2) is 11.3 Å². The molecule has 2 N–H and O–H groups in total. The highest BCUT2D eigenvalue weighted by molar-refractivity contribution is 5.64. The molecule has 0 unspecified atom stereocenters. The van der Waals surface area contributed by atoms with Crippen LogP contribution in [-0.2, 0) is 4.79 Å². The molecule has 1 aromatic rings. The van der Waals surface area contributed by atoms with Gasteiger partial charge in [-0.2, -0.15) is 0 Å². The number of anilines is 1. The summed E-state index contributed by atoms with van der Waals surface area (Å²) >= 11 is 0. The van der Waals surface area contributed by atoms with Crippen molar-refractivity contribution >= 4 is 17.8 Å². The van der Waals surface area contributed by atoms with E-state index in [1.54, 1.807) is 13.0 Å². The zero-order valence-corrected chi connectivity index (χ0v) is 7.48. The van der Waals surface area contributed by atoms with E-state index in [1.807, 2.05) is 0 Å². The minimum atomic E-state index is -0.512. The molecule has 0 heterocycles. The van der Waals surface area contributed by atoms with Gasteiger partial charge in [-0.05, 0) is 18.6 Å². The number of nitro benzene ring substituents is 1. The lowest BCUT2D eigenvalue weighted by Gasteiger charge is -2.04. The number of nitrogens with zero attached hydrogens (tertiary/aromatic N) is 1. The highest BCUT2D eigenvalue weighted by Crippen LogP contribution is 2.24. The van der Waals surface area contributed by atoms with Gasteiger partial charge >= 0.3 is 0 Å². The van der Waals surface area contributed by atoms with Crippen molar-refractivity contribution in [2.24, 2.45) is 0 Å². The predicted molar refractivity (Wildman–Crippen MR) is 50.7 cm³/mol. The monoisotopic (exact) mass is 195 g/mol. The van der Waals surface area contributed by atoms with Crippen molar-refractivity contribution in [3.05, 3.63) is 33.9 Å². The SMILES string of the molecule is Cc1ccc(NNC=O)c([N+](=O)[O-])c1. The van der Waals surface area contributed by atoms with Gasteiger partial charge in [0.05, 0.1) is 4.92 Å². The molecule has 0 atom stereocenters. The Labute approximate surface area is 80.0 Å². The molecule has 0 spiro atoms. The number of nitrogens with one attached hydrogen (secondary N) is 2. The fourth-order valence-corrected chi connectivity index (χ4v) is 1.01. The van der Waals surface area contributed by atoms with Gasteiger partial charge in [0.1, 0.15) is 5.69 Å². The summed E-state index contributed by atoms with van der Waals surface area (Å²) in [7, 11) is 0. The molecule has 0 fully saturated rings. The van der Waals surface area contributed by atoms with Gasteiger partial charge < -0.3 is 0 Å². The molecular weight excluding hydrogens is 186 g/mol. The first kappa shape index (κ1) is 9.97. The molecule has 0 aliphatic heterocycles. The third-order valence-electron chi connectivity index (χ3n) is 1.62. The Morgan fingerprint density at radius 2 is 2.21 bits per heavy atom. The zero-order chi connectivity index (χ0) is 10.6. The first-order valence-electron chi connectivity index (χ1n) is 3.85.